The van der Waals surface area contributed by atoms with Crippen LogP contribution in [0, 0.1) is 5.92 Å². The SMILES string of the molecule is CC(C)C[C@H](N[C@@H](C)C(=O)Nc1ccc(N2CCOCC2)cc1)c1ccccc1. The molecule has 0 spiro atoms. The number of rotatable bonds is 8. The topological polar surface area (TPSA) is 53.6 Å². The van der Waals surface area contributed by atoms with Crippen molar-refractivity contribution in [2.45, 2.75) is 39.3 Å². The summed E-state index contributed by atoms with van der Waals surface area (Å²) in [6.07, 6.45) is 0.982. The van der Waals surface area contributed by atoms with Crippen molar-refractivity contribution in [1.29, 1.82) is 0 Å². The lowest BCUT2D eigenvalue weighted by atomic mass is 9.96. The van der Waals surface area contributed by atoms with Gasteiger partial charge in [0.25, 0.3) is 0 Å². The summed E-state index contributed by atoms with van der Waals surface area (Å²) in [7, 11) is 0. The zero-order valence-corrected chi connectivity index (χ0v) is 17.7. The molecule has 156 valence electrons. The lowest BCUT2D eigenvalue weighted by Crippen LogP contribution is -2.40. The number of morpholine rings is 1. The van der Waals surface area contributed by atoms with Crippen molar-refractivity contribution < 1.29 is 9.53 Å². The van der Waals surface area contributed by atoms with E-state index in [1.807, 2.05) is 37.3 Å². The van der Waals surface area contributed by atoms with Crippen molar-refractivity contribution >= 4 is 17.3 Å². The van der Waals surface area contributed by atoms with Crippen molar-refractivity contribution in [3.05, 3.63) is 60.2 Å². The number of carbonyl (C=O) groups excluding carboxylic acids is 1. The Kier molecular flexibility index (Phi) is 7.67. The summed E-state index contributed by atoms with van der Waals surface area (Å²) in [5.74, 6) is 0.518. The average molecular weight is 396 g/mol. The molecule has 2 aromatic carbocycles. The Morgan fingerprint density at radius 3 is 2.28 bits per heavy atom. The van der Waals surface area contributed by atoms with Crippen LogP contribution in [0.1, 0.15) is 38.8 Å². The van der Waals surface area contributed by atoms with Gasteiger partial charge in [0.2, 0.25) is 5.91 Å². The molecule has 0 saturated carbocycles. The maximum absolute atomic E-state index is 12.8. The Morgan fingerprint density at radius 1 is 1.00 bits per heavy atom. The molecule has 5 nitrogen and oxygen atoms in total. The fraction of sp³-hybridized carbons (Fsp3) is 0.458. The molecule has 1 amide bonds. The molecular weight excluding hydrogens is 362 g/mol. The molecular formula is C24H33N3O2. The third kappa shape index (κ3) is 6.31. The zero-order valence-electron chi connectivity index (χ0n) is 17.7. The highest BCUT2D eigenvalue weighted by molar-refractivity contribution is 5.94. The highest BCUT2D eigenvalue weighted by Crippen LogP contribution is 2.22. The van der Waals surface area contributed by atoms with Gasteiger partial charge in [0.15, 0.2) is 0 Å². The molecule has 1 saturated heterocycles. The van der Waals surface area contributed by atoms with Crippen LogP contribution in [0.3, 0.4) is 0 Å². The van der Waals surface area contributed by atoms with Gasteiger partial charge < -0.3 is 15.0 Å². The number of hydrogen-bond acceptors (Lipinski definition) is 4. The highest BCUT2D eigenvalue weighted by Gasteiger charge is 2.20. The molecule has 0 unspecified atom stereocenters. The first-order valence-corrected chi connectivity index (χ1v) is 10.6. The normalized spacial score (nSPS) is 16.5. The maximum Gasteiger partial charge on any atom is 0.241 e. The Balaban J connectivity index is 1.58. The summed E-state index contributed by atoms with van der Waals surface area (Å²) >= 11 is 0. The molecule has 2 N–H and O–H groups in total. The fourth-order valence-corrected chi connectivity index (χ4v) is 3.66. The lowest BCUT2D eigenvalue weighted by molar-refractivity contribution is -0.118. The first kappa shape index (κ1) is 21.3. The van der Waals surface area contributed by atoms with Crippen molar-refractivity contribution in [3.8, 4) is 0 Å². The lowest BCUT2D eigenvalue weighted by Gasteiger charge is -2.29. The van der Waals surface area contributed by atoms with E-state index in [-0.39, 0.29) is 18.0 Å². The van der Waals surface area contributed by atoms with Gasteiger partial charge in [0.05, 0.1) is 19.3 Å². The van der Waals surface area contributed by atoms with E-state index in [2.05, 4.69) is 53.6 Å². The van der Waals surface area contributed by atoms with Gasteiger partial charge in [-0.1, -0.05) is 44.2 Å². The molecule has 0 aromatic heterocycles. The minimum absolute atomic E-state index is 0.0196. The second-order valence-electron chi connectivity index (χ2n) is 8.12. The van der Waals surface area contributed by atoms with Crippen LogP contribution < -0.4 is 15.5 Å². The van der Waals surface area contributed by atoms with E-state index >= 15 is 0 Å². The molecule has 1 fully saturated rings. The van der Waals surface area contributed by atoms with Crippen molar-refractivity contribution in [3.63, 3.8) is 0 Å². The van der Waals surface area contributed by atoms with Gasteiger partial charge in [-0.25, -0.2) is 0 Å². The number of ether oxygens (including phenoxy) is 1. The molecule has 2 aromatic rings. The number of benzene rings is 2. The van der Waals surface area contributed by atoms with Crippen LogP contribution in [-0.4, -0.2) is 38.3 Å². The standard InChI is InChI=1S/C24H33N3O2/c1-18(2)17-23(20-7-5-4-6-8-20)25-19(3)24(28)26-21-9-11-22(12-10-21)27-13-15-29-16-14-27/h4-12,18-19,23,25H,13-17H2,1-3H3,(H,26,28)/t19-,23-/m0/s1. The summed E-state index contributed by atoms with van der Waals surface area (Å²) in [6, 6.07) is 18.3. The van der Waals surface area contributed by atoms with E-state index in [1.54, 1.807) is 0 Å². The molecule has 29 heavy (non-hydrogen) atoms. The molecule has 1 aliphatic rings. The van der Waals surface area contributed by atoms with Crippen LogP contribution in [0.2, 0.25) is 0 Å². The minimum Gasteiger partial charge on any atom is -0.378 e. The summed E-state index contributed by atoms with van der Waals surface area (Å²) in [4.78, 5) is 15.1. The van der Waals surface area contributed by atoms with E-state index in [0.29, 0.717) is 5.92 Å². The highest BCUT2D eigenvalue weighted by atomic mass is 16.5. The van der Waals surface area contributed by atoms with Crippen LogP contribution >= 0.6 is 0 Å². The molecule has 0 radical (unpaired) electrons. The average Bonchev–Trinajstić information content (AvgIpc) is 2.74. The third-order valence-corrected chi connectivity index (χ3v) is 5.26. The monoisotopic (exact) mass is 395 g/mol. The summed E-state index contributed by atoms with van der Waals surface area (Å²) in [5, 5.41) is 6.55. The van der Waals surface area contributed by atoms with Gasteiger partial charge in [0, 0.05) is 30.5 Å². The second-order valence-corrected chi connectivity index (χ2v) is 8.12. The van der Waals surface area contributed by atoms with Crippen LogP contribution in [0.25, 0.3) is 0 Å². The van der Waals surface area contributed by atoms with Gasteiger partial charge >= 0.3 is 0 Å². The number of carbonyl (C=O) groups is 1. The number of hydrogen-bond donors (Lipinski definition) is 2. The number of anilines is 2. The predicted molar refractivity (Wildman–Crippen MR) is 119 cm³/mol. The molecule has 1 heterocycles. The summed E-state index contributed by atoms with van der Waals surface area (Å²) in [5.41, 5.74) is 3.20. The summed E-state index contributed by atoms with van der Waals surface area (Å²) in [6.45, 7) is 9.68. The van der Waals surface area contributed by atoms with E-state index in [1.165, 1.54) is 11.3 Å². The first-order chi connectivity index (χ1) is 14.0. The zero-order chi connectivity index (χ0) is 20.6. The minimum atomic E-state index is -0.294. The Hall–Kier alpha value is -2.37. The van der Waals surface area contributed by atoms with Gasteiger partial charge in [-0.15, -0.1) is 0 Å². The quantitative estimate of drug-likeness (QED) is 0.702. The first-order valence-electron chi connectivity index (χ1n) is 10.6. The van der Waals surface area contributed by atoms with Gasteiger partial charge in [-0.3, -0.25) is 10.1 Å². The molecule has 0 bridgehead atoms. The number of amides is 1. The van der Waals surface area contributed by atoms with Gasteiger partial charge in [0.1, 0.15) is 0 Å². The van der Waals surface area contributed by atoms with Crippen LogP contribution in [0.4, 0.5) is 11.4 Å². The molecule has 0 aliphatic carbocycles. The van der Waals surface area contributed by atoms with E-state index in [4.69, 9.17) is 4.74 Å². The molecule has 2 atom stereocenters. The Bertz CT molecular complexity index is 755. The van der Waals surface area contributed by atoms with Crippen LogP contribution in [0.5, 0.6) is 0 Å². The van der Waals surface area contributed by atoms with Crippen molar-refractivity contribution in [2.75, 3.05) is 36.5 Å². The fourth-order valence-electron chi connectivity index (χ4n) is 3.66. The second kappa shape index (κ2) is 10.4. The van der Waals surface area contributed by atoms with Gasteiger partial charge in [-0.05, 0) is 49.1 Å². The molecule has 3 rings (SSSR count). The van der Waals surface area contributed by atoms with E-state index in [0.717, 1.165) is 38.4 Å². The van der Waals surface area contributed by atoms with Gasteiger partial charge in [-0.2, -0.15) is 0 Å². The van der Waals surface area contributed by atoms with Crippen molar-refractivity contribution in [2.24, 2.45) is 5.92 Å². The smallest absolute Gasteiger partial charge is 0.241 e. The predicted octanol–water partition coefficient (Wildman–Crippen LogP) is 4.23. The molecule has 5 heteroatoms. The van der Waals surface area contributed by atoms with Crippen LogP contribution in [0.15, 0.2) is 54.6 Å². The number of nitrogens with one attached hydrogen (secondary N) is 2. The van der Waals surface area contributed by atoms with E-state index in [9.17, 15) is 4.79 Å². The Morgan fingerprint density at radius 2 is 1.66 bits per heavy atom. The Labute approximate surface area is 174 Å². The number of nitrogens with zero attached hydrogens (tertiary/aromatic N) is 1. The van der Waals surface area contributed by atoms with Crippen molar-refractivity contribution in [1.82, 2.24) is 5.32 Å². The van der Waals surface area contributed by atoms with E-state index < -0.39 is 0 Å². The third-order valence-electron chi connectivity index (χ3n) is 5.26. The summed E-state index contributed by atoms with van der Waals surface area (Å²) < 4.78 is 5.41. The maximum atomic E-state index is 12.8. The largest absolute Gasteiger partial charge is 0.378 e. The van der Waals surface area contributed by atoms with Crippen LogP contribution in [-0.2, 0) is 9.53 Å². The molecule has 1 aliphatic heterocycles.